The number of imide groups is 1. The molecule has 9 aliphatic rings. The van der Waals surface area contributed by atoms with E-state index < -0.39 is 113 Å². The maximum Gasteiger partial charge on any atom is 2.00 e. The van der Waals surface area contributed by atoms with Gasteiger partial charge in [-0.05, 0) is 349 Å². The summed E-state index contributed by atoms with van der Waals surface area (Å²) in [7, 11) is -2.46. The molecule has 6 amide bonds. The molecule has 40 heteroatoms. The summed E-state index contributed by atoms with van der Waals surface area (Å²) in [6.07, 6.45) is 18.5. The fourth-order valence-electron chi connectivity index (χ4n) is 19.2. The number of aliphatic hydroxyl groups excluding tert-OH is 1. The fourth-order valence-corrected chi connectivity index (χ4v) is 21.0. The van der Waals surface area contributed by atoms with Crippen molar-refractivity contribution < 1.29 is 179 Å². The molecule has 148 heavy (non-hydrogen) atoms. The monoisotopic (exact) mass is 2220 g/mol. The molecule has 3 aliphatic carbocycles. The summed E-state index contributed by atoms with van der Waals surface area (Å²) in [4.78, 5) is 124. The Balaban J connectivity index is 0.000000650. The van der Waals surface area contributed by atoms with Crippen LogP contribution in [0.1, 0.15) is 350 Å². The molecule has 9 atom stereocenters. The van der Waals surface area contributed by atoms with Gasteiger partial charge in [0.05, 0.1) is 79.2 Å². The van der Waals surface area contributed by atoms with Crippen LogP contribution in [0.4, 0.5) is 24.0 Å². The van der Waals surface area contributed by atoms with Gasteiger partial charge in [0.1, 0.15) is 76.3 Å². The Kier molecular flexibility index (Phi) is 55.3. The number of esters is 3. The second kappa shape index (κ2) is 60.0. The third-order valence-electron chi connectivity index (χ3n) is 26.6. The first-order valence-corrected chi connectivity index (χ1v) is 55.2. The van der Waals surface area contributed by atoms with Gasteiger partial charge in [-0.2, -0.15) is 8.42 Å². The van der Waals surface area contributed by atoms with Crippen LogP contribution in [0.3, 0.4) is 0 Å². The van der Waals surface area contributed by atoms with Crippen LogP contribution in [-0.4, -0.2) is 278 Å². The first-order valence-electron chi connectivity index (χ1n) is 51.4. The quantitative estimate of drug-likeness (QED) is 0.0176. The Labute approximate surface area is 939 Å². The fraction of sp³-hybridized carbons (Fsp3) is 0.741. The molecule has 3 aromatic rings. The number of aryl methyl sites for hydroxylation is 2. The van der Waals surface area contributed by atoms with Crippen molar-refractivity contribution in [1.29, 1.82) is 0 Å². The number of carbonyl (C=O) groups is 9. The van der Waals surface area contributed by atoms with Crippen molar-refractivity contribution in [1.82, 2.24) is 24.5 Å². The van der Waals surface area contributed by atoms with Gasteiger partial charge < -0.3 is 92.5 Å². The van der Waals surface area contributed by atoms with Crippen molar-refractivity contribution in [2.45, 2.75) is 449 Å². The third kappa shape index (κ3) is 44.9. The number of amides is 6. The van der Waals surface area contributed by atoms with Crippen molar-refractivity contribution >= 4 is 116 Å². The van der Waals surface area contributed by atoms with Gasteiger partial charge in [0.15, 0.2) is 0 Å². The molecule has 0 bridgehead atoms. The third-order valence-corrected chi connectivity index (χ3v) is 29.3. The molecule has 0 aromatic heterocycles. The van der Waals surface area contributed by atoms with E-state index in [1.54, 1.807) is 108 Å². The second-order valence-corrected chi connectivity index (χ2v) is 50.1. The number of aliphatic hydroxyl groups is 1. The number of halogens is 2. The van der Waals surface area contributed by atoms with E-state index in [4.69, 9.17) is 76.4 Å². The van der Waals surface area contributed by atoms with Crippen molar-refractivity contribution in [3.63, 3.8) is 0 Å². The van der Waals surface area contributed by atoms with Crippen molar-refractivity contribution in [2.24, 2.45) is 23.7 Å². The summed E-state index contributed by atoms with van der Waals surface area (Å²) >= 11 is 0. The number of carbonyl (C=O) groups excluding carboxylic acids is 9. The second-order valence-electron chi connectivity index (χ2n) is 46.0. The summed E-state index contributed by atoms with van der Waals surface area (Å²) in [5, 5.41) is 9.83. The van der Waals surface area contributed by atoms with E-state index in [2.05, 4.69) is 13.8 Å². The van der Waals surface area contributed by atoms with E-state index in [9.17, 15) is 65.1 Å². The average Bonchev–Trinajstić information content (AvgIpc) is 1.62. The van der Waals surface area contributed by atoms with Crippen molar-refractivity contribution in [3.8, 4) is 0 Å². The van der Waals surface area contributed by atoms with Gasteiger partial charge in [0.2, 0.25) is 5.91 Å². The number of hydrogen-bond acceptors (Lipinski definition) is 28. The molecule has 12 rings (SSSR count). The normalized spacial score (nSPS) is 22.3. The van der Waals surface area contributed by atoms with E-state index in [-0.39, 0.29) is 240 Å². The molecule has 0 unspecified atom stereocenters. The molecule has 0 spiro atoms. The van der Waals surface area contributed by atoms with Crippen LogP contribution in [0.2, 0.25) is 0 Å². The van der Waals surface area contributed by atoms with Crippen LogP contribution in [0.15, 0.2) is 88.7 Å². The number of rotatable bonds is 28. The van der Waals surface area contributed by atoms with Crippen LogP contribution < -0.4 is 46.5 Å². The first-order chi connectivity index (χ1) is 66.4. The zero-order valence-electron chi connectivity index (χ0n) is 94.2. The van der Waals surface area contributed by atoms with Gasteiger partial charge in [-0.1, -0.05) is 85.0 Å². The molecule has 6 saturated heterocycles. The molecule has 1 N–H and O–H groups in total. The number of cyclic esters (lactones) is 1. The molecule has 33 nitrogen and oxygen atoms in total. The van der Waals surface area contributed by atoms with Crippen LogP contribution >= 0.6 is 10.7 Å². The smallest absolute Gasteiger partial charge is 1.00 e. The number of nitrogens with zero attached hydrogens (tertiary/aromatic N) is 5. The van der Waals surface area contributed by atoms with Gasteiger partial charge in [-0.25, -0.2) is 37.3 Å². The zero-order valence-corrected chi connectivity index (χ0v) is 101. The Morgan fingerprint density at radius 3 is 1.15 bits per heavy atom. The summed E-state index contributed by atoms with van der Waals surface area (Å²) < 4.78 is 127. The van der Waals surface area contributed by atoms with Gasteiger partial charge >= 0.3 is 101 Å². The largest absolute Gasteiger partial charge is 2.00 e. The zero-order chi connectivity index (χ0) is 106. The summed E-state index contributed by atoms with van der Waals surface area (Å²) in [5.41, 5.74) is -3.05. The van der Waals surface area contributed by atoms with Gasteiger partial charge in [-0.3, -0.25) is 43.0 Å². The van der Waals surface area contributed by atoms with Crippen molar-refractivity contribution in [2.75, 3.05) is 52.9 Å². The molecule has 9 fully saturated rings. The van der Waals surface area contributed by atoms with Crippen LogP contribution in [0.5, 0.6) is 0 Å². The van der Waals surface area contributed by atoms with Gasteiger partial charge in [0, 0.05) is 50.9 Å². The van der Waals surface area contributed by atoms with Crippen LogP contribution in [0.25, 0.3) is 0 Å². The molecule has 6 aliphatic heterocycles. The molecule has 6 heterocycles. The minimum Gasteiger partial charge on any atom is -1.00 e. The Hall–Kier alpha value is -5.69. The Morgan fingerprint density at radius 2 is 0.797 bits per heavy atom. The standard InChI is InChI=1S/C31H44N2O8.C29H45NO8S.C22H39NO6.C18H33NO4.C7H7ClO2S.CH3.B.BrH.Mg.Na.H/c1-30(2,3)41-29(37)33-23(19-39-31(33,4)5)18-22(16-17-26(34)40-24-14-10-7-11-15-24)27(35)32-25(20-38-28(32)36)21-12-8-6-9-13-21;1-21-12-15-25(16-13-21)39(33,34)36-19-22(14-17-26(31)37-24-10-8-7-9-11-24)18-23-20-35-29(5,6)30(23)27(32)38-28(2,3)4;1-21(2,3)29-20(26)23-17(15-27-22(23,4)5)13-16(14-24)11-12-19(25)28-18-9-7-6-8-10-18;1-16(2,3)23-15(20)19-14(12-22-18(19,6)7)10-13-8-9-17(4,5)21-11-13;1-6-2-4-7(5-3-6)11(8,9)10;;;;;;/h6,8-9,12-13,22-25H,7,10-11,14-20H2,1-5H3;12-13,15-16,22-24H,7-11,14,17-20H2,1-6H3;16-18,24H,6-15H2,1-5H3;13-14H,8-12H2,1-7H3;2-5H,1H3;1H3;;1H;;;/q;;;;;-1;;;+2;+1;-1/p-1/t22-,23+,25+;22-,23+;16-,17+;13-,14+;;;;;;;/m1111......./s1. The number of benzene rings is 3. The summed E-state index contributed by atoms with van der Waals surface area (Å²) in [6.45, 7) is 46.7. The number of ether oxygens (including phenoxy) is 13. The Morgan fingerprint density at radius 1 is 0.459 bits per heavy atom. The SMILES string of the molecule is CC(C)(C)OC(=O)N1[C@@H](C[C@@H](CCC(=O)OC2CCCCC2)C(=O)N2C(=O)OC[C@H]2c2ccccc2)COC1(C)C.CC(C)(C)OC(=O)N1[C@@H](C[C@H](CO)CCC(=O)OC2CCCCC2)COC1(C)C.CC(C)(C)OC(=O)N1[C@@H](C[C@H]2CCC(C)(C)OC2)COC1(C)C.Cc1ccc(S(=O)(=O)Cl)cc1.Cc1ccc(S(=O)(=O)OC[C@H](CCC(=O)OC2CCCCC2)C[C@H]2COC(C)(C)N2C(=O)OC(C)(C)C)cc1.[B].[Br-].[CH3-].[H-].[Mg+2].[Na+]. The predicted octanol–water partition coefficient (Wildman–Crippen LogP) is 15.2. The van der Waals surface area contributed by atoms with Crippen LogP contribution in [0, 0.1) is 44.9 Å². The molecular weight excluding hydrogens is 2050 g/mol. The molecule has 3 saturated carbocycles. The predicted molar refractivity (Wildman–Crippen MR) is 558 cm³/mol. The maximum absolute atomic E-state index is 14.1. The van der Waals surface area contributed by atoms with Gasteiger partial charge in [0.25, 0.3) is 19.2 Å². The van der Waals surface area contributed by atoms with E-state index in [1.165, 1.54) is 35.6 Å². The van der Waals surface area contributed by atoms with Gasteiger partial charge in [-0.15, -0.1) is 0 Å². The minimum absolute atomic E-state index is 0. The van der Waals surface area contributed by atoms with E-state index in [0.717, 1.165) is 137 Å². The van der Waals surface area contributed by atoms with E-state index in [0.29, 0.717) is 44.8 Å². The minimum atomic E-state index is -4.00. The van der Waals surface area contributed by atoms with Crippen molar-refractivity contribution in [3.05, 3.63) is 103 Å². The average molecular weight is 2230 g/mol. The molecular formula is C108H172BBrClMgN5NaO28S2. The molecule has 3 radical (unpaired) electrons. The van der Waals surface area contributed by atoms with Crippen LogP contribution in [-0.2, 0) is 104 Å². The van der Waals surface area contributed by atoms with E-state index >= 15 is 0 Å². The molecule has 3 aromatic carbocycles. The maximum atomic E-state index is 14.1. The van der Waals surface area contributed by atoms with E-state index in [1.807, 2.05) is 113 Å². The first kappa shape index (κ1) is 136. The Bertz CT molecular complexity index is 4870. The summed E-state index contributed by atoms with van der Waals surface area (Å²) in [5.74, 6) is -2.04. The molecule has 829 valence electrons. The topological polar surface area (TPSA) is 388 Å². The summed E-state index contributed by atoms with van der Waals surface area (Å²) in [6, 6.07) is 20.5. The number of hydrogen-bond donors (Lipinski definition) is 1.